The van der Waals surface area contributed by atoms with Gasteiger partial charge in [0.25, 0.3) is 0 Å². The fraction of sp³-hybridized carbons (Fsp3) is 0.471. The van der Waals surface area contributed by atoms with Crippen molar-refractivity contribution in [3.8, 4) is 0 Å². The highest BCUT2D eigenvalue weighted by molar-refractivity contribution is 8.01. The van der Waals surface area contributed by atoms with Crippen LogP contribution in [0.3, 0.4) is 0 Å². The second-order valence-electron chi connectivity index (χ2n) is 6.66. The molecule has 0 spiro atoms. The van der Waals surface area contributed by atoms with Gasteiger partial charge in [-0.1, -0.05) is 60.1 Å². The molecule has 2 rings (SSSR count). The number of hydrogen-bond acceptors (Lipinski definition) is 7. The van der Waals surface area contributed by atoms with Crippen LogP contribution in [0.25, 0.3) is 0 Å². The summed E-state index contributed by atoms with van der Waals surface area (Å²) in [5.74, 6) is 1.22. The highest BCUT2D eigenvalue weighted by atomic mass is 35.5. The molecular formula is C17H22Cl2N4O3S3. The van der Waals surface area contributed by atoms with E-state index in [1.807, 2.05) is 0 Å². The molecule has 0 bridgehead atoms. The molecule has 0 atom stereocenters. The third kappa shape index (κ3) is 7.93. The Morgan fingerprint density at radius 2 is 2.00 bits per heavy atom. The van der Waals surface area contributed by atoms with E-state index in [2.05, 4.69) is 29.4 Å². The summed E-state index contributed by atoms with van der Waals surface area (Å²) >= 11 is 14.8. The van der Waals surface area contributed by atoms with Crippen molar-refractivity contribution in [1.82, 2.24) is 10.2 Å². The van der Waals surface area contributed by atoms with Crippen molar-refractivity contribution in [3.05, 3.63) is 28.2 Å². The first-order valence-corrected chi connectivity index (χ1v) is 13.2. The molecule has 0 aliphatic carbocycles. The first kappa shape index (κ1) is 24.2. The molecule has 1 aromatic carbocycles. The molecule has 12 heteroatoms. The SMILES string of the molecule is CC(C)CSc1nnc(NC(=O)CCCN(c2ccc(Cl)c(Cl)c2)S(C)(=O)=O)s1. The summed E-state index contributed by atoms with van der Waals surface area (Å²) in [7, 11) is -3.54. The van der Waals surface area contributed by atoms with Gasteiger partial charge in [-0.25, -0.2) is 8.42 Å². The van der Waals surface area contributed by atoms with Gasteiger partial charge in [-0.3, -0.25) is 9.10 Å². The third-order valence-corrected chi connectivity index (χ3v) is 7.88. The molecule has 0 fully saturated rings. The number of anilines is 2. The van der Waals surface area contributed by atoms with Crippen LogP contribution in [-0.4, -0.2) is 43.1 Å². The van der Waals surface area contributed by atoms with Crippen LogP contribution >= 0.6 is 46.3 Å². The molecule has 7 nitrogen and oxygen atoms in total. The quantitative estimate of drug-likeness (QED) is 0.375. The lowest BCUT2D eigenvalue weighted by Crippen LogP contribution is -2.31. The average Bonchev–Trinajstić information content (AvgIpc) is 3.06. The minimum atomic E-state index is -3.54. The fourth-order valence-corrected chi connectivity index (χ4v) is 5.24. The molecule has 0 radical (unpaired) electrons. The zero-order chi connectivity index (χ0) is 21.6. The molecule has 2 aromatic rings. The van der Waals surface area contributed by atoms with E-state index < -0.39 is 10.0 Å². The Labute approximate surface area is 189 Å². The van der Waals surface area contributed by atoms with Gasteiger partial charge in [0.15, 0.2) is 4.34 Å². The van der Waals surface area contributed by atoms with Gasteiger partial charge >= 0.3 is 0 Å². The van der Waals surface area contributed by atoms with E-state index in [4.69, 9.17) is 23.2 Å². The number of aromatic nitrogens is 2. The average molecular weight is 497 g/mol. The molecule has 0 unspecified atom stereocenters. The van der Waals surface area contributed by atoms with Crippen molar-refractivity contribution < 1.29 is 13.2 Å². The number of hydrogen-bond donors (Lipinski definition) is 1. The summed E-state index contributed by atoms with van der Waals surface area (Å²) < 4.78 is 26.3. The molecule has 1 aromatic heterocycles. The van der Waals surface area contributed by atoms with Gasteiger partial charge in [-0.15, -0.1) is 10.2 Å². The van der Waals surface area contributed by atoms with E-state index in [0.717, 1.165) is 16.3 Å². The summed E-state index contributed by atoms with van der Waals surface area (Å²) in [6.07, 6.45) is 1.57. The topological polar surface area (TPSA) is 92.3 Å². The maximum atomic E-state index is 12.2. The summed E-state index contributed by atoms with van der Waals surface area (Å²) in [5.41, 5.74) is 0.401. The van der Waals surface area contributed by atoms with Gasteiger partial charge in [0, 0.05) is 18.7 Å². The number of sulfonamides is 1. The van der Waals surface area contributed by atoms with Crippen LogP contribution in [0, 0.1) is 5.92 Å². The Hall–Kier alpha value is -1.07. The normalized spacial score (nSPS) is 11.7. The van der Waals surface area contributed by atoms with Crippen molar-refractivity contribution in [2.24, 2.45) is 5.92 Å². The minimum Gasteiger partial charge on any atom is -0.301 e. The van der Waals surface area contributed by atoms with Crippen LogP contribution in [0.15, 0.2) is 22.5 Å². The number of halogens is 2. The predicted octanol–water partition coefficient (Wildman–Crippen LogP) is 4.78. The summed E-state index contributed by atoms with van der Waals surface area (Å²) in [4.78, 5) is 12.2. The third-order valence-electron chi connectivity index (χ3n) is 3.55. The van der Waals surface area contributed by atoms with E-state index in [1.54, 1.807) is 17.8 Å². The maximum Gasteiger partial charge on any atom is 0.232 e. The largest absolute Gasteiger partial charge is 0.301 e. The lowest BCUT2D eigenvalue weighted by Gasteiger charge is -2.22. The summed E-state index contributed by atoms with van der Waals surface area (Å²) in [6.45, 7) is 4.37. The number of carbonyl (C=O) groups excluding carboxylic acids is 1. The van der Waals surface area contributed by atoms with Gasteiger partial charge < -0.3 is 5.32 Å². The van der Waals surface area contributed by atoms with Crippen LogP contribution in [0.5, 0.6) is 0 Å². The summed E-state index contributed by atoms with van der Waals surface area (Å²) in [6, 6.07) is 4.60. The first-order chi connectivity index (χ1) is 13.6. The maximum absolute atomic E-state index is 12.2. The number of nitrogens with one attached hydrogen (secondary N) is 1. The Kier molecular flexibility index (Phi) is 9.02. The van der Waals surface area contributed by atoms with Gasteiger partial charge in [-0.05, 0) is 30.5 Å². The first-order valence-electron chi connectivity index (χ1n) is 8.75. The number of carbonyl (C=O) groups is 1. The Morgan fingerprint density at radius 3 is 2.62 bits per heavy atom. The second-order valence-corrected chi connectivity index (χ2v) is 11.6. The van der Waals surface area contributed by atoms with Crippen molar-refractivity contribution in [3.63, 3.8) is 0 Å². The van der Waals surface area contributed by atoms with Gasteiger partial charge in [-0.2, -0.15) is 0 Å². The lowest BCUT2D eigenvalue weighted by atomic mass is 10.2. The van der Waals surface area contributed by atoms with E-state index in [0.29, 0.717) is 28.2 Å². The van der Waals surface area contributed by atoms with E-state index in [-0.39, 0.29) is 23.9 Å². The monoisotopic (exact) mass is 496 g/mol. The fourth-order valence-electron chi connectivity index (χ4n) is 2.25. The Bertz CT molecular complexity index is 951. The van der Waals surface area contributed by atoms with E-state index in [9.17, 15) is 13.2 Å². The predicted molar refractivity (Wildman–Crippen MR) is 122 cm³/mol. The number of amides is 1. The highest BCUT2D eigenvalue weighted by Crippen LogP contribution is 2.29. The Balaban J connectivity index is 1.90. The molecule has 1 amide bonds. The van der Waals surface area contributed by atoms with Crippen molar-refractivity contribution in [2.45, 2.75) is 31.0 Å². The highest BCUT2D eigenvalue weighted by Gasteiger charge is 2.19. The molecular weight excluding hydrogens is 475 g/mol. The number of rotatable bonds is 10. The van der Waals surface area contributed by atoms with Crippen molar-refractivity contribution in [2.75, 3.05) is 28.2 Å². The minimum absolute atomic E-state index is 0.135. The van der Waals surface area contributed by atoms with Crippen LogP contribution in [0.2, 0.25) is 10.0 Å². The van der Waals surface area contributed by atoms with Crippen LogP contribution < -0.4 is 9.62 Å². The van der Waals surface area contributed by atoms with Crippen molar-refractivity contribution >= 4 is 73.0 Å². The zero-order valence-electron chi connectivity index (χ0n) is 16.2. The Morgan fingerprint density at radius 1 is 1.28 bits per heavy atom. The molecule has 1 N–H and O–H groups in total. The number of nitrogens with zero attached hydrogens (tertiary/aromatic N) is 3. The zero-order valence-corrected chi connectivity index (χ0v) is 20.1. The smallest absolute Gasteiger partial charge is 0.232 e. The molecule has 0 aliphatic rings. The molecule has 0 saturated carbocycles. The van der Waals surface area contributed by atoms with Crippen LogP contribution in [0.4, 0.5) is 10.8 Å². The molecule has 29 heavy (non-hydrogen) atoms. The molecule has 1 heterocycles. The van der Waals surface area contributed by atoms with Crippen molar-refractivity contribution in [1.29, 1.82) is 0 Å². The van der Waals surface area contributed by atoms with E-state index >= 15 is 0 Å². The second kappa shape index (κ2) is 10.8. The van der Waals surface area contributed by atoms with Gasteiger partial charge in [0.05, 0.1) is 22.0 Å². The summed E-state index contributed by atoms with van der Waals surface area (Å²) in [5, 5.41) is 11.7. The standard InChI is InChI=1S/C17H22Cl2N4O3S3/c1-11(2)10-27-17-22-21-16(28-17)20-15(24)5-4-8-23(29(3,25)26)12-6-7-13(18)14(19)9-12/h6-7,9,11H,4-5,8,10H2,1-3H3,(H,20,21,24). The number of thioether (sulfide) groups is 1. The van der Waals surface area contributed by atoms with Crippen LogP contribution in [-0.2, 0) is 14.8 Å². The molecule has 0 saturated heterocycles. The molecule has 160 valence electrons. The molecule has 0 aliphatic heterocycles. The van der Waals surface area contributed by atoms with Crippen LogP contribution in [0.1, 0.15) is 26.7 Å². The van der Waals surface area contributed by atoms with Gasteiger partial charge in [0.1, 0.15) is 0 Å². The van der Waals surface area contributed by atoms with E-state index in [1.165, 1.54) is 27.8 Å². The number of benzene rings is 1. The lowest BCUT2D eigenvalue weighted by molar-refractivity contribution is -0.116. The van der Waals surface area contributed by atoms with Gasteiger partial charge in [0.2, 0.25) is 21.1 Å².